The Morgan fingerprint density at radius 1 is 0.765 bits per heavy atom. The van der Waals surface area contributed by atoms with Gasteiger partial charge < -0.3 is 38.8 Å². The van der Waals surface area contributed by atoms with Gasteiger partial charge in [0.25, 0.3) is 11.1 Å². The predicted octanol–water partition coefficient (Wildman–Crippen LogP) is 3.11. The quantitative estimate of drug-likeness (QED) is 0.221. The third-order valence-corrected chi connectivity index (χ3v) is 9.07. The highest BCUT2D eigenvalue weighted by Gasteiger charge is 2.18. The average Bonchev–Trinajstić information content (AvgIpc) is 3.68. The van der Waals surface area contributed by atoms with E-state index in [0.29, 0.717) is 86.5 Å². The average molecular weight is 710 g/mol. The summed E-state index contributed by atoms with van der Waals surface area (Å²) in [5, 5.41) is 9.84. The zero-order valence-corrected chi connectivity index (χ0v) is 28.7. The molecule has 51 heavy (non-hydrogen) atoms. The number of aromatic amines is 3. The van der Waals surface area contributed by atoms with E-state index < -0.39 is 0 Å². The van der Waals surface area contributed by atoms with Crippen molar-refractivity contribution in [1.29, 1.82) is 5.26 Å². The number of anilines is 2. The van der Waals surface area contributed by atoms with Crippen molar-refractivity contribution in [2.75, 3.05) is 62.4 Å². The van der Waals surface area contributed by atoms with E-state index in [9.17, 15) is 9.59 Å². The second-order valence-corrected chi connectivity index (χ2v) is 12.6. The summed E-state index contributed by atoms with van der Waals surface area (Å²) in [6.45, 7) is 7.59. The maximum Gasteiger partial charge on any atom is 0.252 e. The van der Waals surface area contributed by atoms with Gasteiger partial charge in [-0.05, 0) is 36.8 Å². The molecule has 2 saturated heterocycles. The van der Waals surface area contributed by atoms with Crippen molar-refractivity contribution in [1.82, 2.24) is 39.5 Å². The molecule has 0 aliphatic carbocycles. The molecule has 0 atom stereocenters. The molecule has 4 aromatic heterocycles. The highest BCUT2D eigenvalue weighted by Crippen LogP contribution is 2.23. The number of benzene rings is 2. The number of hydrogen-bond acceptors (Lipinski definition) is 11. The number of nitrogens with one attached hydrogen (secondary N) is 3. The van der Waals surface area contributed by atoms with Crippen LogP contribution in [0.1, 0.15) is 28.9 Å². The summed E-state index contributed by atoms with van der Waals surface area (Å²) in [6.07, 6.45) is 0.766. The molecule has 2 fully saturated rings. The van der Waals surface area contributed by atoms with Crippen LogP contribution in [0.2, 0.25) is 5.02 Å². The van der Waals surface area contributed by atoms with E-state index in [1.54, 1.807) is 0 Å². The van der Waals surface area contributed by atoms with E-state index in [4.69, 9.17) is 26.3 Å². The minimum absolute atomic E-state index is 0.165. The van der Waals surface area contributed by atoms with Gasteiger partial charge in [-0.3, -0.25) is 9.59 Å². The lowest BCUT2D eigenvalue weighted by Crippen LogP contribution is -2.37. The molecule has 0 bridgehead atoms. The van der Waals surface area contributed by atoms with Crippen LogP contribution in [0.4, 0.5) is 11.6 Å². The van der Waals surface area contributed by atoms with Gasteiger partial charge in [-0.1, -0.05) is 23.7 Å². The molecule has 3 N–H and O–H groups in total. The van der Waals surface area contributed by atoms with Crippen molar-refractivity contribution >= 4 is 45.3 Å². The fourth-order valence-electron chi connectivity index (χ4n) is 6.16. The Kier molecular flexibility index (Phi) is 10.1. The number of para-hydroxylation sites is 2. The second kappa shape index (κ2) is 15.1. The van der Waals surface area contributed by atoms with Crippen molar-refractivity contribution in [3.63, 3.8) is 0 Å². The number of aromatic nitrogens is 8. The molecular formula is C35H36ClN11O4. The number of imidazole rings is 2. The van der Waals surface area contributed by atoms with Crippen molar-refractivity contribution in [3.05, 3.63) is 103 Å². The Bertz CT molecular complexity index is 2290. The van der Waals surface area contributed by atoms with Crippen LogP contribution in [-0.4, -0.2) is 92.1 Å². The second-order valence-electron chi connectivity index (χ2n) is 12.2. The maximum absolute atomic E-state index is 12.1. The fourth-order valence-corrected chi connectivity index (χ4v) is 6.31. The summed E-state index contributed by atoms with van der Waals surface area (Å²) in [5.41, 5.74) is 4.08. The fraction of sp³-hybridized carbons (Fsp3) is 0.343. The van der Waals surface area contributed by atoms with Gasteiger partial charge in [-0.15, -0.1) is 0 Å². The molecule has 0 radical (unpaired) electrons. The number of fused-ring (bicyclic) bond motifs is 2. The SMILES string of the molecule is Cc1cc2[nH]c(Cc3nc(N4CCOCC4)cc(=O)[nH]3)nc2cc1Cl.N#CCn1c(Cc2nc(N3CCOCC3)cc(=O)[nH]2)nc2ccccc21. The Morgan fingerprint density at radius 2 is 1.35 bits per heavy atom. The number of halogens is 1. The van der Waals surface area contributed by atoms with Gasteiger partial charge in [0, 0.05) is 43.3 Å². The van der Waals surface area contributed by atoms with Crippen LogP contribution in [-0.2, 0) is 28.9 Å². The molecule has 6 heterocycles. The Morgan fingerprint density at radius 3 is 1.98 bits per heavy atom. The van der Waals surface area contributed by atoms with E-state index in [2.05, 4.69) is 45.9 Å². The lowest BCUT2D eigenvalue weighted by molar-refractivity contribution is 0.122. The van der Waals surface area contributed by atoms with E-state index in [1.165, 1.54) is 12.1 Å². The zero-order valence-electron chi connectivity index (χ0n) is 28.0. The van der Waals surface area contributed by atoms with Crippen molar-refractivity contribution in [2.24, 2.45) is 0 Å². The highest BCUT2D eigenvalue weighted by atomic mass is 35.5. The van der Waals surface area contributed by atoms with Gasteiger partial charge in [-0.25, -0.2) is 19.9 Å². The monoisotopic (exact) mass is 709 g/mol. The molecule has 0 spiro atoms. The van der Waals surface area contributed by atoms with E-state index in [-0.39, 0.29) is 17.7 Å². The summed E-state index contributed by atoms with van der Waals surface area (Å²) in [7, 11) is 0. The number of H-pyrrole nitrogens is 3. The molecule has 15 nitrogen and oxygen atoms in total. The Hall–Kier alpha value is -5.56. The largest absolute Gasteiger partial charge is 0.378 e. The first-order chi connectivity index (χ1) is 24.8. The minimum atomic E-state index is -0.195. The molecule has 2 aromatic carbocycles. The zero-order chi connectivity index (χ0) is 35.3. The summed E-state index contributed by atoms with van der Waals surface area (Å²) < 4.78 is 12.6. The van der Waals surface area contributed by atoms with Crippen molar-refractivity contribution in [3.8, 4) is 6.07 Å². The number of ether oxygens (including phenoxy) is 2. The first-order valence-electron chi connectivity index (χ1n) is 16.6. The molecule has 8 rings (SSSR count). The van der Waals surface area contributed by atoms with Crippen molar-refractivity contribution in [2.45, 2.75) is 26.3 Å². The standard InChI is InChI=1S/C18H18N6O2.C17H18ClN5O2/c19-5-6-24-14-4-2-1-3-13(14)20-17(24)11-15-21-16(12-18(25)22-15)23-7-9-26-10-8-23;1-10-6-12-13(7-11(10)18)20-14(19-12)8-15-21-16(9-17(24)22-15)23-2-4-25-5-3-23/h1-4,12H,6-11H2,(H,21,22,25);6-7,9H,2-5,8H2,1H3,(H,19,20)(H,21,22,24). The van der Waals surface area contributed by atoms with E-state index >= 15 is 0 Å². The molecule has 2 aliphatic heterocycles. The number of aryl methyl sites for hydroxylation is 1. The highest BCUT2D eigenvalue weighted by molar-refractivity contribution is 6.32. The molecule has 16 heteroatoms. The van der Waals surface area contributed by atoms with Crippen LogP contribution >= 0.6 is 11.6 Å². The van der Waals surface area contributed by atoms with Crippen LogP contribution < -0.4 is 20.9 Å². The molecule has 6 aromatic rings. The van der Waals surface area contributed by atoms with Crippen molar-refractivity contribution < 1.29 is 9.47 Å². The number of nitrogens with zero attached hydrogens (tertiary/aromatic N) is 8. The van der Waals surface area contributed by atoms with E-state index in [0.717, 1.165) is 46.5 Å². The van der Waals surface area contributed by atoms with Gasteiger partial charge >= 0.3 is 0 Å². The lowest BCUT2D eigenvalue weighted by atomic mass is 10.2. The Balaban J connectivity index is 0.000000159. The molecular weight excluding hydrogens is 674 g/mol. The minimum Gasteiger partial charge on any atom is -0.378 e. The first kappa shape index (κ1) is 33.9. The summed E-state index contributed by atoms with van der Waals surface area (Å²) in [6, 6.07) is 16.7. The summed E-state index contributed by atoms with van der Waals surface area (Å²) >= 11 is 6.16. The van der Waals surface area contributed by atoms with Gasteiger partial charge in [0.1, 0.15) is 41.5 Å². The number of nitriles is 1. The molecule has 0 amide bonds. The predicted molar refractivity (Wildman–Crippen MR) is 193 cm³/mol. The van der Waals surface area contributed by atoms with Gasteiger partial charge in [0.05, 0.1) is 67.4 Å². The van der Waals surface area contributed by atoms with Crippen LogP contribution in [0.25, 0.3) is 22.1 Å². The first-order valence-corrected chi connectivity index (χ1v) is 17.0. The molecule has 0 saturated carbocycles. The molecule has 2 aliphatic rings. The van der Waals surface area contributed by atoms with Crippen LogP contribution in [0.15, 0.2) is 58.1 Å². The number of morpholine rings is 2. The molecule has 262 valence electrons. The van der Waals surface area contributed by atoms with E-state index in [1.807, 2.05) is 52.8 Å². The van der Waals surface area contributed by atoms with Crippen LogP contribution in [0.3, 0.4) is 0 Å². The Labute approximate surface area is 296 Å². The maximum atomic E-state index is 12.1. The number of rotatable bonds is 7. The lowest BCUT2D eigenvalue weighted by Gasteiger charge is -2.27. The van der Waals surface area contributed by atoms with Crippen LogP contribution in [0, 0.1) is 18.3 Å². The molecule has 0 unspecified atom stereocenters. The summed E-state index contributed by atoms with van der Waals surface area (Å²) in [4.78, 5) is 55.4. The summed E-state index contributed by atoms with van der Waals surface area (Å²) in [5.74, 6) is 3.88. The topological polar surface area (TPSA) is 187 Å². The normalized spacial score (nSPS) is 14.8. The van der Waals surface area contributed by atoms with Gasteiger partial charge in [-0.2, -0.15) is 5.26 Å². The smallest absolute Gasteiger partial charge is 0.252 e. The third-order valence-electron chi connectivity index (χ3n) is 8.66. The van der Waals surface area contributed by atoms with Gasteiger partial charge in [0.15, 0.2) is 0 Å². The van der Waals surface area contributed by atoms with Gasteiger partial charge in [0.2, 0.25) is 0 Å². The van der Waals surface area contributed by atoms with Crippen LogP contribution in [0.5, 0.6) is 0 Å². The number of hydrogen-bond donors (Lipinski definition) is 3. The third kappa shape index (κ3) is 7.93.